The van der Waals surface area contributed by atoms with E-state index in [1.165, 1.54) is 11.1 Å². The molecule has 5 aromatic rings. The van der Waals surface area contributed by atoms with E-state index in [-0.39, 0.29) is 5.56 Å². The van der Waals surface area contributed by atoms with Crippen LogP contribution in [0.5, 0.6) is 0 Å². The summed E-state index contributed by atoms with van der Waals surface area (Å²) in [7, 11) is 0. The van der Waals surface area contributed by atoms with Crippen molar-refractivity contribution in [3.05, 3.63) is 111 Å². The van der Waals surface area contributed by atoms with Crippen molar-refractivity contribution in [2.24, 2.45) is 0 Å². The van der Waals surface area contributed by atoms with Crippen molar-refractivity contribution >= 4 is 33.3 Å². The van der Waals surface area contributed by atoms with Gasteiger partial charge in [0.2, 0.25) is 0 Å². The fourth-order valence-electron chi connectivity index (χ4n) is 3.91. The molecule has 32 heavy (non-hydrogen) atoms. The number of hydrogen-bond donors (Lipinski definition) is 0. The molecule has 0 bridgehead atoms. The van der Waals surface area contributed by atoms with Gasteiger partial charge in [-0.25, -0.2) is 4.98 Å². The van der Waals surface area contributed by atoms with E-state index in [1.54, 1.807) is 27.7 Å². The highest BCUT2D eigenvalue weighted by Gasteiger charge is 2.21. The molecule has 0 radical (unpaired) electrons. The van der Waals surface area contributed by atoms with E-state index in [9.17, 15) is 4.79 Å². The number of hydrogen-bond acceptors (Lipinski definition) is 4. The molecule has 5 rings (SSSR count). The second-order valence-corrected chi connectivity index (χ2v) is 9.81. The summed E-state index contributed by atoms with van der Waals surface area (Å²) in [5, 5.41) is 1.42. The second kappa shape index (κ2) is 8.77. The van der Waals surface area contributed by atoms with Gasteiger partial charge >= 0.3 is 0 Å². The Hall–Kier alpha value is -3.15. The summed E-state index contributed by atoms with van der Waals surface area (Å²) in [4.78, 5) is 20.9. The Bertz CT molecular complexity index is 1450. The van der Waals surface area contributed by atoms with Gasteiger partial charge in [-0.3, -0.25) is 9.36 Å². The van der Waals surface area contributed by atoms with Gasteiger partial charge in [-0.15, -0.1) is 11.3 Å². The predicted molar refractivity (Wildman–Crippen MR) is 136 cm³/mol. The normalized spacial score (nSPS) is 11.2. The van der Waals surface area contributed by atoms with Crippen LogP contribution in [0.3, 0.4) is 0 Å². The van der Waals surface area contributed by atoms with Crippen molar-refractivity contribution in [1.29, 1.82) is 0 Å². The van der Waals surface area contributed by atoms with Crippen LogP contribution in [0.25, 0.3) is 27.0 Å². The number of aryl methyl sites for hydroxylation is 2. The zero-order valence-corrected chi connectivity index (χ0v) is 19.5. The first-order valence-corrected chi connectivity index (χ1v) is 12.3. The van der Waals surface area contributed by atoms with Crippen molar-refractivity contribution in [1.82, 2.24) is 9.55 Å². The summed E-state index contributed by atoms with van der Waals surface area (Å²) in [5.74, 6) is 0.757. The molecule has 0 aliphatic carbocycles. The Kier molecular flexibility index (Phi) is 5.68. The highest BCUT2D eigenvalue weighted by molar-refractivity contribution is 7.98. The van der Waals surface area contributed by atoms with Crippen LogP contribution in [0.1, 0.15) is 16.0 Å². The van der Waals surface area contributed by atoms with Gasteiger partial charge < -0.3 is 0 Å². The van der Waals surface area contributed by atoms with Crippen molar-refractivity contribution in [2.45, 2.75) is 24.8 Å². The van der Waals surface area contributed by atoms with E-state index in [4.69, 9.17) is 4.98 Å². The average molecular weight is 455 g/mol. The number of thiophene rings is 1. The standard InChI is InChI=1S/C27H22N2OS2/c1-18-11-9-10-14-21(18)17-31-27-28-25-24(26(30)29(27)22-15-7-4-8-16-22)23(19(2)32-25)20-12-5-3-6-13-20/h3-16H,17H2,1-2H3. The molecule has 0 aliphatic heterocycles. The molecule has 5 heteroatoms. The minimum Gasteiger partial charge on any atom is -0.268 e. The molecular weight excluding hydrogens is 432 g/mol. The summed E-state index contributed by atoms with van der Waals surface area (Å²) >= 11 is 3.20. The summed E-state index contributed by atoms with van der Waals surface area (Å²) in [6.07, 6.45) is 0. The number of thioether (sulfide) groups is 1. The Morgan fingerprint density at radius 2 is 1.53 bits per heavy atom. The van der Waals surface area contributed by atoms with Gasteiger partial charge in [0, 0.05) is 16.2 Å². The molecule has 0 fully saturated rings. The van der Waals surface area contributed by atoms with Crippen LogP contribution in [0, 0.1) is 13.8 Å². The zero-order chi connectivity index (χ0) is 22.1. The van der Waals surface area contributed by atoms with E-state index in [2.05, 4.69) is 44.2 Å². The van der Waals surface area contributed by atoms with Crippen molar-refractivity contribution in [3.63, 3.8) is 0 Å². The number of benzene rings is 3. The molecule has 158 valence electrons. The number of para-hydroxylation sites is 1. The lowest BCUT2D eigenvalue weighted by molar-refractivity contribution is 0.822. The van der Waals surface area contributed by atoms with Gasteiger partial charge in [0.25, 0.3) is 5.56 Å². The maximum absolute atomic E-state index is 14.0. The topological polar surface area (TPSA) is 34.9 Å². The highest BCUT2D eigenvalue weighted by atomic mass is 32.2. The van der Waals surface area contributed by atoms with Crippen LogP contribution < -0.4 is 5.56 Å². The maximum Gasteiger partial charge on any atom is 0.268 e. The smallest absolute Gasteiger partial charge is 0.268 e. The first kappa shape index (κ1) is 20.7. The zero-order valence-electron chi connectivity index (χ0n) is 17.9. The number of aromatic nitrogens is 2. The summed E-state index contributed by atoms with van der Waals surface area (Å²) in [5.41, 5.74) is 5.35. The lowest BCUT2D eigenvalue weighted by Gasteiger charge is -2.13. The SMILES string of the molecule is Cc1ccccc1CSc1nc2sc(C)c(-c3ccccc3)c2c(=O)n1-c1ccccc1. The summed E-state index contributed by atoms with van der Waals surface area (Å²) in [6, 6.07) is 28.3. The number of fused-ring (bicyclic) bond motifs is 1. The molecule has 0 spiro atoms. The fraction of sp³-hybridized carbons (Fsp3) is 0.111. The van der Waals surface area contributed by atoms with Crippen LogP contribution >= 0.6 is 23.1 Å². The van der Waals surface area contributed by atoms with Crippen LogP contribution in [0.4, 0.5) is 0 Å². The Morgan fingerprint density at radius 3 is 2.25 bits per heavy atom. The summed E-state index contributed by atoms with van der Waals surface area (Å²) < 4.78 is 1.77. The monoisotopic (exact) mass is 454 g/mol. The fourth-order valence-corrected chi connectivity index (χ4v) is 6.09. The Morgan fingerprint density at radius 1 is 0.875 bits per heavy atom. The third kappa shape index (κ3) is 3.78. The quantitative estimate of drug-likeness (QED) is 0.211. The van der Waals surface area contributed by atoms with E-state index >= 15 is 0 Å². The van der Waals surface area contributed by atoms with E-state index in [0.717, 1.165) is 37.4 Å². The average Bonchev–Trinajstić information content (AvgIpc) is 3.16. The van der Waals surface area contributed by atoms with Gasteiger partial charge in [-0.1, -0.05) is 84.6 Å². The van der Waals surface area contributed by atoms with Gasteiger partial charge in [0.1, 0.15) is 4.83 Å². The molecule has 0 unspecified atom stereocenters. The van der Waals surface area contributed by atoms with E-state index in [1.807, 2.05) is 54.6 Å². The van der Waals surface area contributed by atoms with Gasteiger partial charge in [-0.2, -0.15) is 0 Å². The first-order chi connectivity index (χ1) is 15.6. The van der Waals surface area contributed by atoms with Gasteiger partial charge in [0.15, 0.2) is 5.16 Å². The molecule has 0 saturated carbocycles. The molecule has 0 aliphatic rings. The largest absolute Gasteiger partial charge is 0.268 e. The van der Waals surface area contributed by atoms with Crippen LogP contribution in [-0.4, -0.2) is 9.55 Å². The molecule has 2 heterocycles. The second-order valence-electron chi connectivity index (χ2n) is 7.67. The molecule has 0 N–H and O–H groups in total. The lowest BCUT2D eigenvalue weighted by atomic mass is 10.0. The molecule has 0 atom stereocenters. The third-order valence-corrected chi connectivity index (χ3v) is 7.55. The minimum absolute atomic E-state index is 0.0170. The molecule has 0 amide bonds. The molecule has 3 nitrogen and oxygen atoms in total. The molecule has 0 saturated heterocycles. The van der Waals surface area contributed by atoms with Crippen molar-refractivity contribution in [2.75, 3.05) is 0 Å². The van der Waals surface area contributed by atoms with E-state index < -0.39 is 0 Å². The van der Waals surface area contributed by atoms with Gasteiger partial charge in [-0.05, 0) is 42.7 Å². The van der Waals surface area contributed by atoms with E-state index in [0.29, 0.717) is 5.39 Å². The Balaban J connectivity index is 1.72. The van der Waals surface area contributed by atoms with Crippen molar-refractivity contribution in [3.8, 4) is 16.8 Å². The van der Waals surface area contributed by atoms with Crippen LogP contribution in [0.15, 0.2) is 94.9 Å². The predicted octanol–water partition coefficient (Wildman–Crippen LogP) is 7.02. The Labute approximate surface area is 195 Å². The van der Waals surface area contributed by atoms with Gasteiger partial charge in [0.05, 0.1) is 11.1 Å². The number of nitrogens with zero attached hydrogens (tertiary/aromatic N) is 2. The third-order valence-electron chi connectivity index (χ3n) is 5.57. The molecule has 2 aromatic heterocycles. The van der Waals surface area contributed by atoms with Crippen LogP contribution in [0.2, 0.25) is 0 Å². The molecular formula is C27H22N2OS2. The van der Waals surface area contributed by atoms with Crippen molar-refractivity contribution < 1.29 is 0 Å². The lowest BCUT2D eigenvalue weighted by Crippen LogP contribution is -2.21. The highest BCUT2D eigenvalue weighted by Crippen LogP contribution is 2.37. The number of rotatable bonds is 5. The minimum atomic E-state index is -0.0170. The van der Waals surface area contributed by atoms with Crippen LogP contribution in [-0.2, 0) is 5.75 Å². The first-order valence-electron chi connectivity index (χ1n) is 10.5. The summed E-state index contributed by atoms with van der Waals surface area (Å²) in [6.45, 7) is 4.19. The molecule has 3 aromatic carbocycles. The maximum atomic E-state index is 14.0.